The Labute approximate surface area is 51.9 Å². The topological polar surface area (TPSA) is 0 Å². The molecule has 1 atom stereocenters. The van der Waals surface area contributed by atoms with E-state index < -0.39 is 0 Å². The molecule has 0 aliphatic rings. The van der Waals surface area contributed by atoms with Crippen LogP contribution >= 0.6 is 28.6 Å². The van der Waals surface area contributed by atoms with E-state index in [9.17, 15) is 0 Å². The maximum absolute atomic E-state index is 4.34. The van der Waals surface area contributed by atoms with Gasteiger partial charge in [-0.25, -0.2) is 0 Å². The lowest BCUT2D eigenvalue weighted by Gasteiger charge is -1.78. The van der Waals surface area contributed by atoms with Crippen LogP contribution in [0, 0.1) is 11.2 Å². The Balaban J connectivity index is 3.20. The SMILES string of the molecule is CC(Br)C#C[S]. The Morgan fingerprint density at radius 2 is 2.33 bits per heavy atom. The number of rotatable bonds is 0. The minimum atomic E-state index is 0.245. The third kappa shape index (κ3) is 4.26. The van der Waals surface area contributed by atoms with E-state index in [0.29, 0.717) is 0 Å². The van der Waals surface area contributed by atoms with Crippen LogP contribution in [0.1, 0.15) is 6.92 Å². The predicted molar refractivity (Wildman–Crippen MR) is 33.8 cm³/mol. The van der Waals surface area contributed by atoms with E-state index >= 15 is 0 Å². The van der Waals surface area contributed by atoms with Crippen LogP contribution in [-0.2, 0) is 0 Å². The van der Waals surface area contributed by atoms with Crippen molar-refractivity contribution in [1.29, 1.82) is 0 Å². The van der Waals surface area contributed by atoms with Crippen molar-refractivity contribution in [2.24, 2.45) is 0 Å². The van der Waals surface area contributed by atoms with Crippen LogP contribution in [0.15, 0.2) is 0 Å². The summed E-state index contributed by atoms with van der Waals surface area (Å²) in [4.78, 5) is 0.245. The van der Waals surface area contributed by atoms with E-state index in [1.165, 1.54) is 0 Å². The van der Waals surface area contributed by atoms with Crippen LogP contribution in [0.4, 0.5) is 0 Å². The van der Waals surface area contributed by atoms with Crippen molar-refractivity contribution in [2.75, 3.05) is 0 Å². The molecule has 0 aromatic carbocycles. The van der Waals surface area contributed by atoms with Crippen LogP contribution in [-0.4, -0.2) is 4.83 Å². The molecule has 0 bridgehead atoms. The highest BCUT2D eigenvalue weighted by atomic mass is 79.9. The Kier molecular flexibility index (Phi) is 3.60. The van der Waals surface area contributed by atoms with Crippen molar-refractivity contribution in [3.8, 4) is 11.2 Å². The van der Waals surface area contributed by atoms with Crippen LogP contribution in [0.3, 0.4) is 0 Å². The first kappa shape index (κ1) is 6.26. The van der Waals surface area contributed by atoms with Gasteiger partial charge in [0.2, 0.25) is 0 Å². The molecule has 0 saturated carbocycles. The first-order valence-electron chi connectivity index (χ1n) is 1.54. The molecule has 0 aliphatic heterocycles. The fourth-order valence-electron chi connectivity index (χ4n) is 0.0812. The van der Waals surface area contributed by atoms with Crippen molar-refractivity contribution >= 4 is 28.6 Å². The summed E-state index contributed by atoms with van der Waals surface area (Å²) in [6.45, 7) is 1.93. The summed E-state index contributed by atoms with van der Waals surface area (Å²) in [6.07, 6.45) is 0. The molecule has 6 heavy (non-hydrogen) atoms. The van der Waals surface area contributed by atoms with Gasteiger partial charge in [0, 0.05) is 5.25 Å². The Bertz CT molecular complexity index is 77.3. The molecule has 0 aliphatic carbocycles. The van der Waals surface area contributed by atoms with Crippen molar-refractivity contribution in [3.63, 3.8) is 0 Å². The van der Waals surface area contributed by atoms with E-state index in [0.717, 1.165) is 0 Å². The second-order valence-electron chi connectivity index (χ2n) is 0.862. The molecule has 0 aromatic heterocycles. The molecule has 2 heteroatoms. The first-order valence-corrected chi connectivity index (χ1v) is 2.86. The van der Waals surface area contributed by atoms with Gasteiger partial charge in [0.05, 0.1) is 4.83 Å². The van der Waals surface area contributed by atoms with Crippen LogP contribution in [0.25, 0.3) is 0 Å². The second kappa shape index (κ2) is 3.45. The lowest BCUT2D eigenvalue weighted by Crippen LogP contribution is -1.77. The Morgan fingerprint density at radius 3 is 2.33 bits per heavy atom. The fourth-order valence-corrected chi connectivity index (χ4v) is 0.524. The summed E-state index contributed by atoms with van der Waals surface area (Å²) in [5.41, 5.74) is 0. The number of hydrogen-bond acceptors (Lipinski definition) is 0. The average Bonchev–Trinajstić information content (AvgIpc) is 1.35. The van der Waals surface area contributed by atoms with Crippen molar-refractivity contribution in [1.82, 2.24) is 0 Å². The van der Waals surface area contributed by atoms with Gasteiger partial charge in [-0.3, -0.25) is 0 Å². The van der Waals surface area contributed by atoms with Crippen molar-refractivity contribution < 1.29 is 0 Å². The molecule has 0 heterocycles. The number of alkyl halides is 1. The third-order valence-electron chi connectivity index (χ3n) is 0.258. The zero-order chi connectivity index (χ0) is 4.99. The molecule has 1 unspecified atom stereocenters. The summed E-state index contributed by atoms with van der Waals surface area (Å²) < 4.78 is 0. The summed E-state index contributed by atoms with van der Waals surface area (Å²) in [7, 11) is 0. The fraction of sp³-hybridized carbons (Fsp3) is 0.500. The van der Waals surface area contributed by atoms with E-state index in [-0.39, 0.29) is 4.83 Å². The van der Waals surface area contributed by atoms with Crippen molar-refractivity contribution in [2.45, 2.75) is 11.8 Å². The van der Waals surface area contributed by atoms with E-state index in [4.69, 9.17) is 0 Å². The van der Waals surface area contributed by atoms with Gasteiger partial charge in [-0.1, -0.05) is 21.9 Å². The summed E-state index contributed by atoms with van der Waals surface area (Å²) >= 11 is 7.53. The minimum absolute atomic E-state index is 0.245. The third-order valence-corrected chi connectivity index (χ3v) is 0.605. The molecule has 0 aromatic rings. The highest BCUT2D eigenvalue weighted by Crippen LogP contribution is 1.92. The van der Waals surface area contributed by atoms with Gasteiger partial charge in [0.1, 0.15) is 0 Å². The van der Waals surface area contributed by atoms with Gasteiger partial charge >= 0.3 is 0 Å². The van der Waals surface area contributed by atoms with Crippen molar-refractivity contribution in [3.05, 3.63) is 0 Å². The molecule has 0 rings (SSSR count). The molecule has 1 radical (unpaired) electrons. The van der Waals surface area contributed by atoms with Gasteiger partial charge in [0.25, 0.3) is 0 Å². The minimum Gasteiger partial charge on any atom is -0.0751 e. The van der Waals surface area contributed by atoms with Crippen LogP contribution in [0.2, 0.25) is 0 Å². The molecule has 0 amide bonds. The van der Waals surface area contributed by atoms with E-state index in [2.05, 4.69) is 39.7 Å². The quantitative estimate of drug-likeness (QED) is 0.379. The second-order valence-corrected chi connectivity index (χ2v) is 2.44. The molecule has 0 spiro atoms. The smallest absolute Gasteiger partial charge is 0.0738 e. The Morgan fingerprint density at radius 1 is 1.83 bits per heavy atom. The molecule has 0 N–H and O–H groups in total. The summed E-state index contributed by atoms with van der Waals surface area (Å²) in [5, 5.41) is 2.35. The summed E-state index contributed by atoms with van der Waals surface area (Å²) in [5.74, 6) is 2.69. The standard InChI is InChI=1S/C4H4BrS/c1-4(5)2-3-6/h4H,1H3. The predicted octanol–water partition coefficient (Wildman–Crippen LogP) is 1.93. The van der Waals surface area contributed by atoms with Crippen LogP contribution < -0.4 is 0 Å². The monoisotopic (exact) mass is 163 g/mol. The number of halogens is 1. The molecule has 0 nitrogen and oxygen atoms in total. The largest absolute Gasteiger partial charge is 0.0751 e. The maximum atomic E-state index is 4.34. The highest BCUT2D eigenvalue weighted by molar-refractivity contribution is 9.09. The normalized spacial score (nSPS) is 11.7. The first-order chi connectivity index (χ1) is 2.77. The summed E-state index contributed by atoms with van der Waals surface area (Å²) in [6, 6.07) is 0. The molecule has 33 valence electrons. The lowest BCUT2D eigenvalue weighted by molar-refractivity contribution is 1.33. The zero-order valence-corrected chi connectivity index (χ0v) is 5.77. The van der Waals surface area contributed by atoms with Gasteiger partial charge in [-0.15, -0.1) is 0 Å². The van der Waals surface area contributed by atoms with Gasteiger partial charge in [-0.05, 0) is 19.6 Å². The van der Waals surface area contributed by atoms with Gasteiger partial charge in [0.15, 0.2) is 0 Å². The van der Waals surface area contributed by atoms with Gasteiger partial charge < -0.3 is 0 Å². The zero-order valence-electron chi connectivity index (χ0n) is 3.36. The molecule has 0 saturated heterocycles. The van der Waals surface area contributed by atoms with E-state index in [1.807, 2.05) is 6.92 Å². The van der Waals surface area contributed by atoms with Crippen LogP contribution in [0.5, 0.6) is 0 Å². The lowest BCUT2D eigenvalue weighted by atomic mass is 10.5. The number of hydrogen-bond donors (Lipinski definition) is 0. The van der Waals surface area contributed by atoms with Gasteiger partial charge in [-0.2, -0.15) is 0 Å². The maximum Gasteiger partial charge on any atom is 0.0738 e. The average molecular weight is 164 g/mol. The molecular formula is C4H4BrS. The highest BCUT2D eigenvalue weighted by Gasteiger charge is 1.79. The van der Waals surface area contributed by atoms with E-state index in [1.54, 1.807) is 0 Å². The molecular weight excluding hydrogens is 160 g/mol. The molecule has 0 fully saturated rings. The Hall–Kier alpha value is 0.260.